The smallest absolute Gasteiger partial charge is 0.339 e. The van der Waals surface area contributed by atoms with Gasteiger partial charge in [0.05, 0.1) is 6.61 Å². The molecule has 2 rings (SSSR count). The normalized spacial score (nSPS) is 12.3. The molecule has 0 saturated carbocycles. The molecule has 2 aromatic rings. The third kappa shape index (κ3) is 2.53. The second kappa shape index (κ2) is 5.71. The molecule has 0 amide bonds. The van der Waals surface area contributed by atoms with Gasteiger partial charge in [0.2, 0.25) is 0 Å². The number of fused-ring (bicyclic) bond motifs is 1. The van der Waals surface area contributed by atoms with Crippen LogP contribution < -0.4 is 0 Å². The summed E-state index contributed by atoms with van der Waals surface area (Å²) in [6.07, 6.45) is 2.29. The largest absolute Gasteiger partial charge is 0.464 e. The third-order valence-corrected chi connectivity index (χ3v) is 2.95. The van der Waals surface area contributed by atoms with Gasteiger partial charge in [-0.15, -0.1) is 6.58 Å². The van der Waals surface area contributed by atoms with E-state index in [0.717, 1.165) is 10.9 Å². The second-order valence-corrected chi connectivity index (χ2v) is 4.20. The van der Waals surface area contributed by atoms with Crippen molar-refractivity contribution >= 4 is 16.9 Å². The van der Waals surface area contributed by atoms with Crippen LogP contribution >= 0.6 is 0 Å². The van der Waals surface area contributed by atoms with E-state index in [1.54, 1.807) is 19.2 Å². The number of allylic oxidation sites excluding steroid dienone is 1. The van der Waals surface area contributed by atoms with Gasteiger partial charge >= 0.3 is 5.97 Å². The van der Waals surface area contributed by atoms with Gasteiger partial charge in [0.25, 0.3) is 0 Å². The number of ether oxygens (including phenoxy) is 1. The maximum absolute atomic E-state index is 11.7. The van der Waals surface area contributed by atoms with Crippen molar-refractivity contribution in [2.75, 3.05) is 6.61 Å². The van der Waals surface area contributed by atoms with Crippen LogP contribution in [0.5, 0.6) is 0 Å². The first-order valence-electron chi connectivity index (χ1n) is 6.22. The Bertz CT molecular complexity index is 600. The Morgan fingerprint density at radius 1 is 1.53 bits per heavy atom. The molecular weight excluding hydrogens is 242 g/mol. The minimum atomic E-state index is -1.25. The molecule has 0 aliphatic rings. The van der Waals surface area contributed by atoms with Crippen LogP contribution in [0.3, 0.4) is 0 Å². The number of hydrogen-bond acceptors (Lipinski definition) is 3. The number of carbonyl (C=O) groups is 1. The summed E-state index contributed by atoms with van der Waals surface area (Å²) in [5.41, 5.74) is 1.52. The Morgan fingerprint density at radius 3 is 2.95 bits per heavy atom. The lowest BCUT2D eigenvalue weighted by Gasteiger charge is -2.08. The fourth-order valence-corrected chi connectivity index (χ4v) is 2.13. The molecule has 4 heteroatoms. The van der Waals surface area contributed by atoms with E-state index in [9.17, 15) is 9.90 Å². The molecule has 19 heavy (non-hydrogen) atoms. The van der Waals surface area contributed by atoms with Crippen molar-refractivity contribution in [2.24, 2.45) is 0 Å². The summed E-state index contributed by atoms with van der Waals surface area (Å²) in [7, 11) is 0. The van der Waals surface area contributed by atoms with Gasteiger partial charge in [0, 0.05) is 29.2 Å². The number of nitrogens with zero attached hydrogens (tertiary/aromatic N) is 1. The van der Waals surface area contributed by atoms with E-state index < -0.39 is 12.1 Å². The maximum atomic E-state index is 11.7. The first-order valence-corrected chi connectivity index (χ1v) is 6.22. The van der Waals surface area contributed by atoms with Gasteiger partial charge in [0.15, 0.2) is 6.10 Å². The van der Waals surface area contributed by atoms with Gasteiger partial charge < -0.3 is 14.4 Å². The van der Waals surface area contributed by atoms with Crippen molar-refractivity contribution in [3.05, 3.63) is 48.7 Å². The molecule has 1 N–H and O–H groups in total. The summed E-state index contributed by atoms with van der Waals surface area (Å²) in [6.45, 7) is 6.29. The van der Waals surface area contributed by atoms with Gasteiger partial charge in [-0.2, -0.15) is 0 Å². The van der Waals surface area contributed by atoms with E-state index in [1.807, 2.05) is 28.8 Å². The molecule has 4 nitrogen and oxygen atoms in total. The molecule has 0 saturated heterocycles. The molecule has 0 fully saturated rings. The number of aromatic nitrogens is 1. The first-order chi connectivity index (χ1) is 9.19. The van der Waals surface area contributed by atoms with Crippen LogP contribution in [-0.2, 0) is 16.1 Å². The topological polar surface area (TPSA) is 51.5 Å². The van der Waals surface area contributed by atoms with Gasteiger partial charge in [-0.3, -0.25) is 0 Å². The highest BCUT2D eigenvalue weighted by atomic mass is 16.5. The van der Waals surface area contributed by atoms with E-state index in [1.165, 1.54) is 0 Å². The average molecular weight is 259 g/mol. The van der Waals surface area contributed by atoms with Gasteiger partial charge in [-0.05, 0) is 13.0 Å². The van der Waals surface area contributed by atoms with Crippen molar-refractivity contribution in [3.63, 3.8) is 0 Å². The van der Waals surface area contributed by atoms with E-state index >= 15 is 0 Å². The summed E-state index contributed by atoms with van der Waals surface area (Å²) >= 11 is 0. The zero-order valence-electron chi connectivity index (χ0n) is 10.9. The molecule has 1 unspecified atom stereocenters. The van der Waals surface area contributed by atoms with E-state index in [2.05, 4.69) is 6.58 Å². The van der Waals surface area contributed by atoms with Crippen LogP contribution in [-0.4, -0.2) is 22.2 Å². The standard InChI is InChI=1S/C15H17NO3/c1-3-9-16-10-12(14(17)15(18)19-4-2)11-7-5-6-8-13(11)16/h3,5-8,10,14,17H,1,4,9H2,2H3. The Balaban J connectivity index is 2.48. The lowest BCUT2D eigenvalue weighted by molar-refractivity contribution is -0.153. The van der Waals surface area contributed by atoms with Crippen LogP contribution in [0.15, 0.2) is 43.1 Å². The number of rotatable bonds is 5. The molecule has 100 valence electrons. The fraction of sp³-hybridized carbons (Fsp3) is 0.267. The summed E-state index contributed by atoms with van der Waals surface area (Å²) in [4.78, 5) is 11.7. The second-order valence-electron chi connectivity index (χ2n) is 4.20. The molecule has 0 radical (unpaired) electrons. The zero-order valence-corrected chi connectivity index (χ0v) is 10.9. The third-order valence-electron chi connectivity index (χ3n) is 2.95. The maximum Gasteiger partial charge on any atom is 0.339 e. The van der Waals surface area contributed by atoms with Gasteiger partial charge in [0.1, 0.15) is 0 Å². The van der Waals surface area contributed by atoms with Crippen LogP contribution in [0, 0.1) is 0 Å². The zero-order chi connectivity index (χ0) is 13.8. The molecule has 0 bridgehead atoms. The van der Waals surface area contributed by atoms with E-state index in [-0.39, 0.29) is 6.61 Å². The van der Waals surface area contributed by atoms with Crippen molar-refractivity contribution in [3.8, 4) is 0 Å². The summed E-state index contributed by atoms with van der Waals surface area (Å²) < 4.78 is 6.80. The fourth-order valence-electron chi connectivity index (χ4n) is 2.13. The molecular formula is C15H17NO3. The molecule has 1 heterocycles. The van der Waals surface area contributed by atoms with Crippen molar-refractivity contribution in [1.29, 1.82) is 0 Å². The Kier molecular flexibility index (Phi) is 4.02. The van der Waals surface area contributed by atoms with Crippen molar-refractivity contribution in [1.82, 2.24) is 4.57 Å². The molecule has 0 aliphatic carbocycles. The monoisotopic (exact) mass is 259 g/mol. The highest BCUT2D eigenvalue weighted by Gasteiger charge is 2.22. The van der Waals surface area contributed by atoms with Gasteiger partial charge in [-0.1, -0.05) is 24.3 Å². The number of benzene rings is 1. The predicted molar refractivity (Wildman–Crippen MR) is 73.7 cm³/mol. The highest BCUT2D eigenvalue weighted by molar-refractivity contribution is 5.89. The SMILES string of the molecule is C=CCn1cc(C(O)C(=O)OCC)c2ccccc21. The Labute approximate surface area is 111 Å². The number of esters is 1. The number of aliphatic hydroxyl groups is 1. The van der Waals surface area contributed by atoms with Crippen LogP contribution in [0.1, 0.15) is 18.6 Å². The number of para-hydroxylation sites is 1. The number of carbonyl (C=O) groups excluding carboxylic acids is 1. The predicted octanol–water partition coefficient (Wildman–Crippen LogP) is 2.42. The minimum absolute atomic E-state index is 0.251. The molecule has 1 atom stereocenters. The quantitative estimate of drug-likeness (QED) is 0.662. The van der Waals surface area contributed by atoms with E-state index in [4.69, 9.17) is 4.74 Å². The molecule has 0 aliphatic heterocycles. The Morgan fingerprint density at radius 2 is 2.26 bits per heavy atom. The van der Waals surface area contributed by atoms with Crippen LogP contribution in [0.2, 0.25) is 0 Å². The van der Waals surface area contributed by atoms with Crippen LogP contribution in [0.25, 0.3) is 10.9 Å². The van der Waals surface area contributed by atoms with Crippen molar-refractivity contribution < 1.29 is 14.6 Å². The first kappa shape index (κ1) is 13.4. The highest BCUT2D eigenvalue weighted by Crippen LogP contribution is 2.27. The van der Waals surface area contributed by atoms with Gasteiger partial charge in [-0.25, -0.2) is 4.79 Å². The lowest BCUT2D eigenvalue weighted by atomic mass is 10.1. The molecule has 0 spiro atoms. The van der Waals surface area contributed by atoms with Crippen LogP contribution in [0.4, 0.5) is 0 Å². The molecule has 1 aromatic heterocycles. The number of aliphatic hydroxyl groups excluding tert-OH is 1. The Hall–Kier alpha value is -2.07. The minimum Gasteiger partial charge on any atom is -0.464 e. The summed E-state index contributed by atoms with van der Waals surface area (Å²) in [6, 6.07) is 7.62. The summed E-state index contributed by atoms with van der Waals surface area (Å²) in [5, 5.41) is 10.9. The summed E-state index contributed by atoms with van der Waals surface area (Å²) in [5.74, 6) is -0.621. The van der Waals surface area contributed by atoms with Crippen molar-refractivity contribution in [2.45, 2.75) is 19.6 Å². The van der Waals surface area contributed by atoms with E-state index in [0.29, 0.717) is 12.1 Å². The molecule has 1 aromatic carbocycles. The number of hydrogen-bond donors (Lipinski definition) is 1. The average Bonchev–Trinajstić information content (AvgIpc) is 2.78. The lowest BCUT2D eigenvalue weighted by Crippen LogP contribution is -2.15.